The third-order valence-electron chi connectivity index (χ3n) is 3.24. The first kappa shape index (κ1) is 18.7. The van der Waals surface area contributed by atoms with E-state index in [4.69, 9.17) is 5.26 Å². The van der Waals surface area contributed by atoms with Crippen LogP contribution >= 0.6 is 0 Å². The molecule has 0 bridgehead atoms. The van der Waals surface area contributed by atoms with Gasteiger partial charge >= 0.3 is 6.18 Å². The van der Waals surface area contributed by atoms with Crippen LogP contribution in [-0.4, -0.2) is 10.8 Å². The van der Waals surface area contributed by atoms with E-state index < -0.39 is 33.8 Å². The van der Waals surface area contributed by atoms with Crippen LogP contribution in [0.4, 0.5) is 24.5 Å². The predicted molar refractivity (Wildman–Crippen MR) is 86.8 cm³/mol. The molecule has 0 saturated heterocycles. The monoisotopic (exact) mass is 361 g/mol. The second kappa shape index (κ2) is 7.48. The van der Waals surface area contributed by atoms with E-state index in [-0.39, 0.29) is 11.3 Å². The number of anilines is 1. The minimum Gasteiger partial charge on any atom is -0.321 e. The molecule has 9 heteroatoms. The fourth-order valence-electron chi connectivity index (χ4n) is 2.07. The summed E-state index contributed by atoms with van der Waals surface area (Å²) in [4.78, 5) is 22.2. The van der Waals surface area contributed by atoms with Gasteiger partial charge < -0.3 is 5.32 Å². The molecule has 0 aromatic heterocycles. The standard InChI is InChI=1S/C17H10F3N3O3/c18-17(19,20)14-6-1-2-7-15(14)22-16(24)12(10-21)8-11-4-3-5-13(9-11)23(25)26/h1-9H,(H,22,24). The van der Waals surface area contributed by atoms with E-state index in [9.17, 15) is 28.1 Å². The van der Waals surface area contributed by atoms with Crippen molar-refractivity contribution in [2.75, 3.05) is 5.32 Å². The number of carbonyl (C=O) groups excluding carboxylic acids is 1. The van der Waals surface area contributed by atoms with Gasteiger partial charge in [0, 0.05) is 12.1 Å². The molecule has 2 rings (SSSR count). The molecule has 0 aliphatic carbocycles. The molecule has 26 heavy (non-hydrogen) atoms. The number of hydrogen-bond donors (Lipinski definition) is 1. The van der Waals surface area contributed by atoms with Gasteiger partial charge in [0.05, 0.1) is 16.2 Å². The Kier molecular flexibility index (Phi) is 5.37. The van der Waals surface area contributed by atoms with Gasteiger partial charge in [-0.15, -0.1) is 0 Å². The Bertz CT molecular complexity index is 931. The number of nitro benzene ring substituents is 1. The SMILES string of the molecule is N#CC(=Cc1cccc([N+](=O)[O-])c1)C(=O)Nc1ccccc1C(F)(F)F. The van der Waals surface area contributed by atoms with Crippen molar-refractivity contribution in [3.8, 4) is 6.07 Å². The molecule has 0 aliphatic heterocycles. The predicted octanol–water partition coefficient (Wildman–Crippen LogP) is 4.16. The summed E-state index contributed by atoms with van der Waals surface area (Å²) in [6.07, 6.45) is -3.63. The average molecular weight is 361 g/mol. The van der Waals surface area contributed by atoms with Crippen molar-refractivity contribution in [2.24, 2.45) is 0 Å². The molecule has 2 aromatic rings. The highest BCUT2D eigenvalue weighted by molar-refractivity contribution is 6.10. The zero-order valence-electron chi connectivity index (χ0n) is 12.9. The first-order valence-corrected chi connectivity index (χ1v) is 7.06. The maximum Gasteiger partial charge on any atom is 0.418 e. The van der Waals surface area contributed by atoms with E-state index in [2.05, 4.69) is 0 Å². The Morgan fingerprint density at radius 2 is 1.88 bits per heavy atom. The molecular formula is C17H10F3N3O3. The lowest BCUT2D eigenvalue weighted by atomic mass is 10.1. The molecule has 0 radical (unpaired) electrons. The minimum atomic E-state index is -4.68. The number of non-ortho nitro benzene ring substituents is 1. The van der Waals surface area contributed by atoms with E-state index >= 15 is 0 Å². The van der Waals surface area contributed by atoms with Crippen molar-refractivity contribution in [1.29, 1.82) is 5.26 Å². The number of carbonyl (C=O) groups is 1. The van der Waals surface area contributed by atoms with Gasteiger partial charge in [-0.1, -0.05) is 24.3 Å². The number of hydrogen-bond acceptors (Lipinski definition) is 4. The van der Waals surface area contributed by atoms with Gasteiger partial charge in [0.15, 0.2) is 0 Å². The quantitative estimate of drug-likeness (QED) is 0.383. The summed E-state index contributed by atoms with van der Waals surface area (Å²) in [5.74, 6) is -1.06. The third kappa shape index (κ3) is 4.45. The van der Waals surface area contributed by atoms with Gasteiger partial charge in [-0.3, -0.25) is 14.9 Å². The van der Waals surface area contributed by atoms with Gasteiger partial charge in [-0.25, -0.2) is 0 Å². The van der Waals surface area contributed by atoms with Crippen molar-refractivity contribution < 1.29 is 22.9 Å². The summed E-state index contributed by atoms with van der Waals surface area (Å²) >= 11 is 0. The molecule has 0 fully saturated rings. The van der Waals surface area contributed by atoms with Crippen molar-refractivity contribution >= 4 is 23.4 Å². The lowest BCUT2D eigenvalue weighted by molar-refractivity contribution is -0.384. The second-order valence-corrected chi connectivity index (χ2v) is 5.02. The number of nitrogens with zero attached hydrogens (tertiary/aromatic N) is 2. The molecule has 1 amide bonds. The Labute approximate surface area is 145 Å². The normalized spacial score (nSPS) is 11.5. The molecule has 6 nitrogen and oxygen atoms in total. The molecule has 0 spiro atoms. The lowest BCUT2D eigenvalue weighted by Gasteiger charge is -2.13. The smallest absolute Gasteiger partial charge is 0.321 e. The summed E-state index contributed by atoms with van der Waals surface area (Å²) in [6, 6.07) is 11.0. The summed E-state index contributed by atoms with van der Waals surface area (Å²) < 4.78 is 38.9. The van der Waals surface area contributed by atoms with Crippen LogP contribution in [0, 0.1) is 21.4 Å². The number of alkyl halides is 3. The van der Waals surface area contributed by atoms with Crippen LogP contribution in [-0.2, 0) is 11.0 Å². The van der Waals surface area contributed by atoms with Gasteiger partial charge in [-0.05, 0) is 23.8 Å². The largest absolute Gasteiger partial charge is 0.418 e. The van der Waals surface area contributed by atoms with Crippen molar-refractivity contribution in [3.63, 3.8) is 0 Å². The summed E-state index contributed by atoms with van der Waals surface area (Å²) in [5.41, 5.74) is -2.11. The van der Waals surface area contributed by atoms with Crippen LogP contribution in [0.2, 0.25) is 0 Å². The Morgan fingerprint density at radius 1 is 1.19 bits per heavy atom. The highest BCUT2D eigenvalue weighted by Gasteiger charge is 2.33. The fraction of sp³-hybridized carbons (Fsp3) is 0.0588. The highest BCUT2D eigenvalue weighted by Crippen LogP contribution is 2.34. The number of para-hydroxylation sites is 1. The maximum absolute atomic E-state index is 13.0. The van der Waals surface area contributed by atoms with Gasteiger partial charge in [0.2, 0.25) is 0 Å². The van der Waals surface area contributed by atoms with E-state index in [1.165, 1.54) is 30.3 Å². The van der Waals surface area contributed by atoms with Crippen LogP contribution in [0.15, 0.2) is 54.1 Å². The molecule has 0 atom stereocenters. The summed E-state index contributed by atoms with van der Waals surface area (Å²) in [7, 11) is 0. The Morgan fingerprint density at radius 3 is 2.50 bits per heavy atom. The first-order valence-electron chi connectivity index (χ1n) is 7.06. The van der Waals surface area contributed by atoms with Crippen LogP contribution in [0.1, 0.15) is 11.1 Å². The average Bonchev–Trinajstić information content (AvgIpc) is 2.59. The Balaban J connectivity index is 2.33. The van der Waals surface area contributed by atoms with E-state index in [1.54, 1.807) is 6.07 Å². The third-order valence-corrected chi connectivity index (χ3v) is 3.24. The van der Waals surface area contributed by atoms with Gasteiger partial charge in [0.25, 0.3) is 11.6 Å². The number of halogens is 3. The number of nitriles is 1. The van der Waals surface area contributed by atoms with Crippen molar-refractivity contribution in [3.05, 3.63) is 75.3 Å². The van der Waals surface area contributed by atoms with Crippen molar-refractivity contribution in [2.45, 2.75) is 6.18 Å². The molecular weight excluding hydrogens is 351 g/mol. The number of benzene rings is 2. The van der Waals surface area contributed by atoms with Gasteiger partial charge in [0.1, 0.15) is 11.6 Å². The fourth-order valence-corrected chi connectivity index (χ4v) is 2.07. The van der Waals surface area contributed by atoms with Gasteiger partial charge in [-0.2, -0.15) is 18.4 Å². The highest BCUT2D eigenvalue weighted by atomic mass is 19.4. The number of nitrogens with one attached hydrogen (secondary N) is 1. The van der Waals surface area contributed by atoms with E-state index in [1.807, 2.05) is 5.32 Å². The minimum absolute atomic E-state index is 0.190. The zero-order valence-corrected chi connectivity index (χ0v) is 12.9. The lowest BCUT2D eigenvalue weighted by Crippen LogP contribution is -2.17. The molecule has 0 heterocycles. The maximum atomic E-state index is 13.0. The summed E-state index contributed by atoms with van der Waals surface area (Å²) in [6.45, 7) is 0. The van der Waals surface area contributed by atoms with Crippen LogP contribution in [0.3, 0.4) is 0 Å². The van der Waals surface area contributed by atoms with Crippen LogP contribution in [0.5, 0.6) is 0 Å². The summed E-state index contributed by atoms with van der Waals surface area (Å²) in [5, 5.41) is 21.9. The zero-order chi connectivity index (χ0) is 19.3. The Hall–Kier alpha value is -3.67. The first-order chi connectivity index (χ1) is 12.2. The number of nitro groups is 1. The van der Waals surface area contributed by atoms with Crippen LogP contribution < -0.4 is 5.32 Å². The number of rotatable bonds is 4. The molecule has 1 N–H and O–H groups in total. The van der Waals surface area contributed by atoms with Crippen molar-refractivity contribution in [1.82, 2.24) is 0 Å². The molecule has 0 unspecified atom stereocenters. The van der Waals surface area contributed by atoms with E-state index in [0.29, 0.717) is 0 Å². The molecule has 2 aromatic carbocycles. The molecule has 0 saturated carbocycles. The number of amides is 1. The second-order valence-electron chi connectivity index (χ2n) is 5.02. The van der Waals surface area contributed by atoms with Crippen LogP contribution in [0.25, 0.3) is 6.08 Å². The topological polar surface area (TPSA) is 96.0 Å². The van der Waals surface area contributed by atoms with E-state index in [0.717, 1.165) is 24.3 Å². The molecule has 0 aliphatic rings. The molecule has 132 valence electrons.